The summed E-state index contributed by atoms with van der Waals surface area (Å²) in [6.45, 7) is 0. The molecule has 3 heterocycles. The van der Waals surface area contributed by atoms with E-state index in [-0.39, 0.29) is 0 Å². The average molecular weight is 1410 g/mol. The lowest BCUT2D eigenvalue weighted by Crippen LogP contribution is -1.94. The summed E-state index contributed by atoms with van der Waals surface area (Å²) in [6.07, 6.45) is 0. The summed E-state index contributed by atoms with van der Waals surface area (Å²) < 4.78 is 7.19. The van der Waals surface area contributed by atoms with Crippen molar-refractivity contribution in [2.24, 2.45) is 0 Å². The highest BCUT2D eigenvalue weighted by Crippen LogP contribution is 2.44. The monoisotopic (exact) mass is 1410 g/mol. The zero-order chi connectivity index (χ0) is 73.0. The SMILES string of the molecule is c1cc(-c2ccc3c4ccccc4c4ccccc4c3c2)cc(-n2c3ccccc3c3ccccc32)c1.c1ccc(-c2ccc3c(c2)c2ccccc2n3-c2cccc(-c3ccc4c5ccccc5c5ccccc5c4c3)c2)cc1.c1ccc2c(c1)c1ccccc1c1cc(-n3c4ccccc4c4ccccc43)ccc21. The predicted octanol–water partition coefficient (Wildman–Crippen LogP) is 29.7. The number of aromatic nitrogens is 3. The molecule has 0 N–H and O–H groups in total. The first-order chi connectivity index (χ1) is 55.1. The van der Waals surface area contributed by atoms with Gasteiger partial charge in [-0.05, 0) is 221 Å². The van der Waals surface area contributed by atoms with E-state index in [1.165, 1.54) is 213 Å². The maximum Gasteiger partial charge on any atom is 0.0541 e. The quantitative estimate of drug-likeness (QED) is 0.147. The van der Waals surface area contributed by atoms with E-state index in [0.717, 1.165) is 0 Å². The number of benzene rings is 21. The number of hydrogen-bond acceptors (Lipinski definition) is 0. The molecule has 3 nitrogen and oxygen atoms in total. The molecule has 0 radical (unpaired) electrons. The van der Waals surface area contributed by atoms with E-state index in [1.54, 1.807) is 0 Å². The van der Waals surface area contributed by atoms with Crippen molar-refractivity contribution in [2.75, 3.05) is 0 Å². The van der Waals surface area contributed by atoms with Crippen LogP contribution in [-0.2, 0) is 0 Å². The number of hydrogen-bond donors (Lipinski definition) is 0. The normalized spacial score (nSPS) is 11.8. The molecule has 0 saturated heterocycles. The minimum Gasteiger partial charge on any atom is -0.309 e. The van der Waals surface area contributed by atoms with Gasteiger partial charge in [0.25, 0.3) is 0 Å². The topological polar surface area (TPSA) is 14.8 Å². The van der Waals surface area contributed by atoms with E-state index < -0.39 is 0 Å². The van der Waals surface area contributed by atoms with E-state index in [4.69, 9.17) is 0 Å². The minimum absolute atomic E-state index is 1.17. The Morgan fingerprint density at radius 2 is 0.306 bits per heavy atom. The van der Waals surface area contributed by atoms with E-state index in [9.17, 15) is 0 Å². The van der Waals surface area contributed by atoms with Crippen LogP contribution in [0.1, 0.15) is 0 Å². The van der Waals surface area contributed by atoms with Gasteiger partial charge in [-0.25, -0.2) is 0 Å². The molecule has 0 atom stereocenters. The van der Waals surface area contributed by atoms with Crippen LogP contribution in [0.25, 0.3) is 213 Å². The first kappa shape index (κ1) is 63.6. The van der Waals surface area contributed by atoms with Gasteiger partial charge in [-0.1, -0.05) is 328 Å². The zero-order valence-corrected chi connectivity index (χ0v) is 60.7. The van der Waals surface area contributed by atoms with Gasteiger partial charge in [0.2, 0.25) is 0 Å². The summed E-state index contributed by atoms with van der Waals surface area (Å²) in [5.41, 5.74) is 18.3. The fraction of sp³-hybridized carbons (Fsp3) is 0. The standard InChI is InChI=1S/C42H27N.C36H23N.C30H19N/c1-2-11-28(12-3-1)30-22-24-42-40(27-30)38-19-8-9-20-41(38)43(42)32-14-10-13-29(25-32)31-21-23-37-35-17-5-4-15-33(35)34-16-6-7-18-36(34)39(37)26-31;1-2-14-29-27(12-1)28-13-3-4-15-30(28)34-23-25(20-21-31(29)34)24-10-9-11-26(22-24)37-35-18-7-5-16-32(35)33-17-6-8-19-36(33)37;1-2-11-23-21(9-1)22-10-3-4-12-24(22)28-19-20(17-18-25(23)28)31-29-15-7-5-13-26(29)27-14-6-8-16-30(27)31/h1-27H;1-23H;1-19H. The molecule has 0 fully saturated rings. The molecule has 0 aliphatic rings. The number of rotatable bonds is 6. The van der Waals surface area contributed by atoms with Crippen LogP contribution in [0.5, 0.6) is 0 Å². The number of nitrogens with zero attached hydrogens (tertiary/aromatic N) is 3. The fourth-order valence-corrected chi connectivity index (χ4v) is 18.3. The highest BCUT2D eigenvalue weighted by Gasteiger charge is 2.20. The molecule has 0 bridgehead atoms. The molecule has 0 amide bonds. The molecule has 3 heteroatoms. The van der Waals surface area contributed by atoms with Crippen LogP contribution in [0.15, 0.2) is 419 Å². The molecule has 516 valence electrons. The van der Waals surface area contributed by atoms with Crippen molar-refractivity contribution in [3.63, 3.8) is 0 Å². The van der Waals surface area contributed by atoms with Crippen LogP contribution in [0.4, 0.5) is 0 Å². The molecular weight excluding hydrogens is 1340 g/mol. The molecule has 0 spiro atoms. The van der Waals surface area contributed by atoms with Crippen molar-refractivity contribution in [1.82, 2.24) is 13.7 Å². The van der Waals surface area contributed by atoms with Gasteiger partial charge >= 0.3 is 0 Å². The van der Waals surface area contributed by atoms with Crippen molar-refractivity contribution < 1.29 is 0 Å². The Kier molecular flexibility index (Phi) is 15.0. The Bertz CT molecular complexity index is 7690. The van der Waals surface area contributed by atoms with Crippen LogP contribution >= 0.6 is 0 Å². The third-order valence-electron chi connectivity index (χ3n) is 23.3. The number of fused-ring (bicyclic) bond motifs is 27. The molecule has 0 aliphatic carbocycles. The lowest BCUT2D eigenvalue weighted by atomic mass is 9.92. The Morgan fingerprint density at radius 1 is 0.0991 bits per heavy atom. The zero-order valence-electron chi connectivity index (χ0n) is 60.7. The Hall–Kier alpha value is -14.6. The molecule has 111 heavy (non-hydrogen) atoms. The van der Waals surface area contributed by atoms with E-state index in [0.29, 0.717) is 0 Å². The van der Waals surface area contributed by atoms with Gasteiger partial charge in [-0.15, -0.1) is 0 Å². The van der Waals surface area contributed by atoms with E-state index >= 15 is 0 Å². The maximum absolute atomic E-state index is 2.41. The second kappa shape index (κ2) is 26.1. The molecule has 0 unspecified atom stereocenters. The minimum atomic E-state index is 1.17. The fourth-order valence-electron chi connectivity index (χ4n) is 18.3. The summed E-state index contributed by atoms with van der Waals surface area (Å²) in [4.78, 5) is 0. The Balaban J connectivity index is 0.000000104. The summed E-state index contributed by atoms with van der Waals surface area (Å²) >= 11 is 0. The summed E-state index contributed by atoms with van der Waals surface area (Å²) in [7, 11) is 0. The predicted molar refractivity (Wildman–Crippen MR) is 476 cm³/mol. The summed E-state index contributed by atoms with van der Waals surface area (Å²) in [6, 6.07) is 152. The first-order valence-electron chi connectivity index (χ1n) is 38.4. The van der Waals surface area contributed by atoms with Gasteiger partial charge in [0.15, 0.2) is 0 Å². The van der Waals surface area contributed by atoms with Crippen molar-refractivity contribution in [3.05, 3.63) is 419 Å². The van der Waals surface area contributed by atoms with Gasteiger partial charge in [0, 0.05) is 49.4 Å². The molecular formula is C108H69N3. The van der Waals surface area contributed by atoms with Crippen molar-refractivity contribution in [2.45, 2.75) is 0 Å². The molecule has 0 saturated carbocycles. The van der Waals surface area contributed by atoms with Crippen LogP contribution in [-0.4, -0.2) is 13.7 Å². The molecule has 21 aromatic carbocycles. The molecule has 24 aromatic rings. The van der Waals surface area contributed by atoms with Gasteiger partial charge in [0.1, 0.15) is 0 Å². The molecule has 3 aromatic heterocycles. The van der Waals surface area contributed by atoms with Crippen molar-refractivity contribution in [1.29, 1.82) is 0 Å². The largest absolute Gasteiger partial charge is 0.309 e. The van der Waals surface area contributed by atoms with Crippen molar-refractivity contribution in [3.8, 4) is 50.4 Å². The van der Waals surface area contributed by atoms with E-state index in [2.05, 4.69) is 432 Å². The molecule has 24 rings (SSSR count). The van der Waals surface area contributed by atoms with Crippen LogP contribution in [0.2, 0.25) is 0 Å². The Labute approximate surface area is 640 Å². The van der Waals surface area contributed by atoms with Gasteiger partial charge < -0.3 is 13.7 Å². The van der Waals surface area contributed by atoms with Gasteiger partial charge in [-0.3, -0.25) is 0 Å². The highest BCUT2D eigenvalue weighted by atomic mass is 15.0. The van der Waals surface area contributed by atoms with Crippen LogP contribution in [0, 0.1) is 0 Å². The summed E-state index contributed by atoms with van der Waals surface area (Å²) in [5, 5.41) is 31.2. The lowest BCUT2D eigenvalue weighted by Gasteiger charge is -2.13. The van der Waals surface area contributed by atoms with Gasteiger partial charge in [0.05, 0.1) is 33.1 Å². The summed E-state index contributed by atoms with van der Waals surface area (Å²) in [5.74, 6) is 0. The van der Waals surface area contributed by atoms with Crippen LogP contribution < -0.4 is 0 Å². The second-order valence-corrected chi connectivity index (χ2v) is 29.3. The maximum atomic E-state index is 2.41. The smallest absolute Gasteiger partial charge is 0.0541 e. The van der Waals surface area contributed by atoms with E-state index in [1.807, 2.05) is 0 Å². The second-order valence-electron chi connectivity index (χ2n) is 29.3. The first-order valence-corrected chi connectivity index (χ1v) is 38.4. The number of para-hydroxylation sites is 5. The Morgan fingerprint density at radius 3 is 0.649 bits per heavy atom. The van der Waals surface area contributed by atoms with Crippen LogP contribution in [0.3, 0.4) is 0 Å². The third kappa shape index (κ3) is 10.4. The van der Waals surface area contributed by atoms with Crippen molar-refractivity contribution >= 4 is 162 Å². The third-order valence-corrected chi connectivity index (χ3v) is 23.3. The highest BCUT2D eigenvalue weighted by molar-refractivity contribution is 6.29. The lowest BCUT2D eigenvalue weighted by molar-refractivity contribution is 1.18. The molecule has 0 aliphatic heterocycles. The van der Waals surface area contributed by atoms with Gasteiger partial charge in [-0.2, -0.15) is 0 Å². The average Bonchev–Trinajstić information content (AvgIpc) is 1.44.